The molecule has 0 radical (unpaired) electrons. The van der Waals surface area contributed by atoms with Crippen molar-refractivity contribution in [2.45, 2.75) is 32.7 Å². The largest absolute Gasteiger partial charge is 0.349 e. The van der Waals surface area contributed by atoms with Crippen molar-refractivity contribution in [3.63, 3.8) is 0 Å². The maximum absolute atomic E-state index is 12.9. The molecule has 1 N–H and O–H groups in total. The van der Waals surface area contributed by atoms with Crippen molar-refractivity contribution in [3.05, 3.63) is 69.2 Å². The minimum atomic E-state index is -0.0717. The van der Waals surface area contributed by atoms with E-state index in [9.17, 15) is 9.59 Å². The molecule has 1 aliphatic rings. The van der Waals surface area contributed by atoms with Crippen molar-refractivity contribution >= 4 is 39.3 Å². The van der Waals surface area contributed by atoms with Crippen LogP contribution in [0, 0.1) is 11.8 Å². The van der Waals surface area contributed by atoms with Crippen molar-refractivity contribution in [2.75, 3.05) is 13.1 Å². The van der Waals surface area contributed by atoms with Gasteiger partial charge in [-0.15, -0.1) is 0 Å². The lowest BCUT2D eigenvalue weighted by atomic mass is 9.92. The molecule has 0 bridgehead atoms. The first-order valence-electron chi connectivity index (χ1n) is 9.96. The van der Waals surface area contributed by atoms with Crippen molar-refractivity contribution in [1.82, 2.24) is 10.2 Å². The first-order valence-corrected chi connectivity index (χ1v) is 11.1. The van der Waals surface area contributed by atoms with Crippen LogP contribution in [0.2, 0.25) is 5.02 Å². The van der Waals surface area contributed by atoms with Crippen LogP contribution in [-0.2, 0) is 4.79 Å². The lowest BCUT2D eigenvalue weighted by Gasteiger charge is -2.33. The second-order valence-corrected chi connectivity index (χ2v) is 9.21. The molecule has 1 heterocycles. The first kappa shape index (κ1) is 21.8. The van der Waals surface area contributed by atoms with Gasteiger partial charge in [0.2, 0.25) is 5.91 Å². The molecular weight excluding hydrogens is 452 g/mol. The summed E-state index contributed by atoms with van der Waals surface area (Å²) in [5.74, 6) is 0.281. The molecule has 2 amide bonds. The summed E-state index contributed by atoms with van der Waals surface area (Å²) in [6.45, 7) is 5.39. The van der Waals surface area contributed by atoms with E-state index in [2.05, 4.69) is 35.1 Å². The molecule has 0 aliphatic carbocycles. The van der Waals surface area contributed by atoms with Crippen LogP contribution < -0.4 is 5.32 Å². The van der Waals surface area contributed by atoms with Gasteiger partial charge in [0, 0.05) is 34.1 Å². The predicted octanol–water partition coefficient (Wildman–Crippen LogP) is 5.47. The molecular formula is C23H26BrClN2O2. The first-order chi connectivity index (χ1) is 13.8. The van der Waals surface area contributed by atoms with Gasteiger partial charge in [-0.1, -0.05) is 53.5 Å². The summed E-state index contributed by atoms with van der Waals surface area (Å²) < 4.78 is 0.949. The number of nitrogens with zero attached hydrogens (tertiary/aromatic N) is 1. The van der Waals surface area contributed by atoms with Crippen LogP contribution in [0.1, 0.15) is 48.7 Å². The zero-order chi connectivity index (χ0) is 21.0. The van der Waals surface area contributed by atoms with Gasteiger partial charge >= 0.3 is 0 Å². The number of hydrogen-bond acceptors (Lipinski definition) is 2. The average Bonchev–Trinajstić information content (AvgIpc) is 2.72. The number of carbonyl (C=O) groups is 2. The minimum Gasteiger partial charge on any atom is -0.349 e. The van der Waals surface area contributed by atoms with E-state index in [4.69, 9.17) is 11.6 Å². The molecule has 1 unspecified atom stereocenters. The molecule has 154 valence electrons. The summed E-state index contributed by atoms with van der Waals surface area (Å²) >= 11 is 9.38. The lowest BCUT2D eigenvalue weighted by molar-refractivity contribution is -0.127. The van der Waals surface area contributed by atoms with Gasteiger partial charge in [-0.3, -0.25) is 9.59 Å². The van der Waals surface area contributed by atoms with Crippen LogP contribution in [0.25, 0.3) is 0 Å². The Morgan fingerprint density at radius 2 is 1.62 bits per heavy atom. The third kappa shape index (κ3) is 5.61. The molecule has 1 fully saturated rings. The van der Waals surface area contributed by atoms with Crippen molar-refractivity contribution < 1.29 is 9.59 Å². The molecule has 0 saturated carbocycles. The van der Waals surface area contributed by atoms with E-state index in [0.717, 1.165) is 10.0 Å². The van der Waals surface area contributed by atoms with E-state index in [1.54, 1.807) is 0 Å². The van der Waals surface area contributed by atoms with E-state index in [1.165, 1.54) is 0 Å². The highest BCUT2D eigenvalue weighted by atomic mass is 79.9. The minimum absolute atomic E-state index is 0.0255. The van der Waals surface area contributed by atoms with Gasteiger partial charge in [-0.25, -0.2) is 0 Å². The highest BCUT2D eigenvalue weighted by molar-refractivity contribution is 9.10. The highest BCUT2D eigenvalue weighted by Gasteiger charge is 2.29. The van der Waals surface area contributed by atoms with E-state index >= 15 is 0 Å². The van der Waals surface area contributed by atoms with E-state index in [0.29, 0.717) is 36.5 Å². The number of amides is 2. The lowest BCUT2D eigenvalue weighted by Crippen LogP contribution is -2.44. The van der Waals surface area contributed by atoms with Crippen LogP contribution >= 0.6 is 27.5 Å². The number of nitrogens with one attached hydrogen (secondary N) is 1. The van der Waals surface area contributed by atoms with Crippen molar-refractivity contribution in [1.29, 1.82) is 0 Å². The molecule has 1 atom stereocenters. The van der Waals surface area contributed by atoms with Crippen molar-refractivity contribution in [2.24, 2.45) is 11.8 Å². The van der Waals surface area contributed by atoms with Gasteiger partial charge in [-0.05, 0) is 60.7 Å². The topological polar surface area (TPSA) is 49.4 Å². The standard InChI is InChI=1S/C23H26BrClN2O2/c1-15(2)21(16-5-9-20(25)10-6-16)26-22(28)17-11-13-27(14-12-17)23(29)18-3-7-19(24)8-4-18/h3-10,15,17,21H,11-14H2,1-2H3,(H,26,28). The SMILES string of the molecule is CC(C)C(NC(=O)C1CCN(C(=O)c2ccc(Br)cc2)CC1)c1ccc(Cl)cc1. The molecule has 6 heteroatoms. The summed E-state index contributed by atoms with van der Waals surface area (Å²) in [5, 5.41) is 3.90. The molecule has 4 nitrogen and oxygen atoms in total. The van der Waals surface area contributed by atoms with Crippen LogP contribution in [0.4, 0.5) is 0 Å². The molecule has 3 rings (SSSR count). The molecule has 1 saturated heterocycles. The molecule has 1 aliphatic heterocycles. The van der Waals surface area contributed by atoms with Crippen LogP contribution in [-0.4, -0.2) is 29.8 Å². The maximum atomic E-state index is 12.9. The molecule has 0 spiro atoms. The van der Waals surface area contributed by atoms with Crippen molar-refractivity contribution in [3.8, 4) is 0 Å². The van der Waals surface area contributed by atoms with Gasteiger partial charge < -0.3 is 10.2 Å². The van der Waals surface area contributed by atoms with Gasteiger partial charge in [0.25, 0.3) is 5.91 Å². The molecule has 29 heavy (non-hydrogen) atoms. The van der Waals surface area contributed by atoms with E-state index in [1.807, 2.05) is 53.4 Å². The maximum Gasteiger partial charge on any atom is 0.253 e. The van der Waals surface area contributed by atoms with Gasteiger partial charge in [-0.2, -0.15) is 0 Å². The number of carbonyl (C=O) groups excluding carboxylic acids is 2. The number of benzene rings is 2. The summed E-state index contributed by atoms with van der Waals surface area (Å²) in [6.07, 6.45) is 1.36. The molecule has 0 aromatic heterocycles. The number of piperidine rings is 1. The quantitative estimate of drug-likeness (QED) is 0.621. The summed E-state index contributed by atoms with van der Waals surface area (Å²) in [6, 6.07) is 15.0. The fourth-order valence-electron chi connectivity index (χ4n) is 3.70. The predicted molar refractivity (Wildman–Crippen MR) is 120 cm³/mol. The Morgan fingerprint density at radius 1 is 1.03 bits per heavy atom. The van der Waals surface area contributed by atoms with E-state index in [-0.39, 0.29) is 29.7 Å². The van der Waals surface area contributed by atoms with Gasteiger partial charge in [0.15, 0.2) is 0 Å². The van der Waals surface area contributed by atoms with Crippen LogP contribution in [0.15, 0.2) is 53.0 Å². The Kier molecular flexibility index (Phi) is 7.36. The second-order valence-electron chi connectivity index (χ2n) is 7.86. The normalized spacial score (nSPS) is 16.0. The fourth-order valence-corrected chi connectivity index (χ4v) is 4.09. The van der Waals surface area contributed by atoms with Crippen LogP contribution in [0.3, 0.4) is 0 Å². The summed E-state index contributed by atoms with van der Waals surface area (Å²) in [7, 11) is 0. The smallest absolute Gasteiger partial charge is 0.253 e. The Hall–Kier alpha value is -1.85. The van der Waals surface area contributed by atoms with Gasteiger partial charge in [0.05, 0.1) is 6.04 Å². The molecule has 2 aromatic rings. The monoisotopic (exact) mass is 476 g/mol. The summed E-state index contributed by atoms with van der Waals surface area (Å²) in [4.78, 5) is 27.4. The van der Waals surface area contributed by atoms with Crippen LogP contribution in [0.5, 0.6) is 0 Å². The second kappa shape index (κ2) is 9.77. The Morgan fingerprint density at radius 3 is 2.17 bits per heavy atom. The number of hydrogen-bond donors (Lipinski definition) is 1. The number of likely N-dealkylation sites (tertiary alicyclic amines) is 1. The van der Waals surface area contributed by atoms with Gasteiger partial charge in [0.1, 0.15) is 0 Å². The van der Waals surface area contributed by atoms with E-state index < -0.39 is 0 Å². The Labute approximate surface area is 185 Å². The fraction of sp³-hybridized carbons (Fsp3) is 0.391. The Balaban J connectivity index is 1.58. The highest BCUT2D eigenvalue weighted by Crippen LogP contribution is 2.26. The average molecular weight is 478 g/mol. The number of rotatable bonds is 5. The Bertz CT molecular complexity index is 844. The third-order valence-electron chi connectivity index (χ3n) is 5.44. The molecule has 2 aromatic carbocycles. The summed E-state index contributed by atoms with van der Waals surface area (Å²) in [5.41, 5.74) is 1.74. The number of halogens is 2. The zero-order valence-corrected chi connectivity index (χ0v) is 19.0. The zero-order valence-electron chi connectivity index (χ0n) is 16.7. The third-order valence-corrected chi connectivity index (χ3v) is 6.22.